The van der Waals surface area contributed by atoms with Crippen molar-refractivity contribution in [2.45, 2.75) is 72.8 Å². The van der Waals surface area contributed by atoms with Crippen LogP contribution in [0.25, 0.3) is 0 Å². The molecule has 2 heteroatoms. The lowest BCUT2D eigenvalue weighted by Gasteiger charge is -2.42. The van der Waals surface area contributed by atoms with Crippen molar-refractivity contribution in [3.05, 3.63) is 0 Å². The molecule has 0 aromatic rings. The third-order valence-corrected chi connectivity index (χ3v) is 5.41. The van der Waals surface area contributed by atoms with E-state index in [-0.39, 0.29) is 0 Å². The molecule has 0 amide bonds. The topological polar surface area (TPSA) is 29.3 Å². The fourth-order valence-corrected chi connectivity index (χ4v) is 3.73. The van der Waals surface area contributed by atoms with Gasteiger partial charge in [0.1, 0.15) is 0 Å². The SMILES string of the molecule is CC(C)CCN(C)C(CN)C1CCC(C(C)(C)C)CC1. The maximum Gasteiger partial charge on any atom is 0.0243 e. The van der Waals surface area contributed by atoms with E-state index in [0.29, 0.717) is 11.5 Å². The van der Waals surface area contributed by atoms with Crippen molar-refractivity contribution in [2.75, 3.05) is 20.1 Å². The Hall–Kier alpha value is -0.0800. The predicted octanol–water partition coefficient (Wildman–Crippen LogP) is 4.14. The Morgan fingerprint density at radius 2 is 1.65 bits per heavy atom. The first-order valence-electron chi connectivity index (χ1n) is 8.66. The maximum atomic E-state index is 6.09. The zero-order chi connectivity index (χ0) is 15.3. The van der Waals surface area contributed by atoms with Gasteiger partial charge in [-0.3, -0.25) is 0 Å². The highest BCUT2D eigenvalue weighted by atomic mass is 15.1. The average Bonchev–Trinajstić information content (AvgIpc) is 2.37. The summed E-state index contributed by atoms with van der Waals surface area (Å²) in [6, 6.07) is 0.592. The van der Waals surface area contributed by atoms with Crippen LogP contribution in [0.3, 0.4) is 0 Å². The van der Waals surface area contributed by atoms with Crippen LogP contribution in [0.15, 0.2) is 0 Å². The molecular weight excluding hydrogens is 244 g/mol. The lowest BCUT2D eigenvalue weighted by atomic mass is 9.68. The van der Waals surface area contributed by atoms with Crippen LogP contribution < -0.4 is 5.73 Å². The van der Waals surface area contributed by atoms with Crippen LogP contribution in [0, 0.1) is 23.2 Å². The van der Waals surface area contributed by atoms with Gasteiger partial charge >= 0.3 is 0 Å². The van der Waals surface area contributed by atoms with Gasteiger partial charge in [0, 0.05) is 12.6 Å². The molecule has 1 rings (SSSR count). The van der Waals surface area contributed by atoms with Crippen LogP contribution >= 0.6 is 0 Å². The Labute approximate surface area is 127 Å². The maximum absolute atomic E-state index is 6.09. The molecule has 0 radical (unpaired) electrons. The van der Waals surface area contributed by atoms with Gasteiger partial charge in [0.2, 0.25) is 0 Å². The van der Waals surface area contributed by atoms with Crippen molar-refractivity contribution in [3.8, 4) is 0 Å². The Bertz CT molecular complexity index is 259. The zero-order valence-corrected chi connectivity index (χ0v) is 14.8. The Morgan fingerprint density at radius 3 is 2.05 bits per heavy atom. The van der Waals surface area contributed by atoms with Crippen LogP contribution in [0.1, 0.15) is 66.7 Å². The van der Waals surface area contributed by atoms with Gasteiger partial charge in [-0.1, -0.05) is 34.6 Å². The van der Waals surface area contributed by atoms with Crippen molar-refractivity contribution in [1.29, 1.82) is 0 Å². The quantitative estimate of drug-likeness (QED) is 0.793. The van der Waals surface area contributed by atoms with Crippen molar-refractivity contribution in [3.63, 3.8) is 0 Å². The van der Waals surface area contributed by atoms with E-state index in [4.69, 9.17) is 5.73 Å². The normalized spacial score (nSPS) is 26.2. The summed E-state index contributed by atoms with van der Waals surface area (Å²) in [5.74, 6) is 2.50. The van der Waals surface area contributed by atoms with Gasteiger partial charge in [-0.2, -0.15) is 0 Å². The van der Waals surface area contributed by atoms with Crippen LogP contribution in [-0.2, 0) is 0 Å². The van der Waals surface area contributed by atoms with Gasteiger partial charge in [0.05, 0.1) is 0 Å². The minimum Gasteiger partial charge on any atom is -0.329 e. The fraction of sp³-hybridized carbons (Fsp3) is 1.00. The third kappa shape index (κ3) is 5.37. The second kappa shape index (κ2) is 7.79. The minimum absolute atomic E-state index is 0.479. The number of nitrogens with zero attached hydrogens (tertiary/aromatic N) is 1. The third-order valence-electron chi connectivity index (χ3n) is 5.41. The molecule has 0 heterocycles. The lowest BCUT2D eigenvalue weighted by molar-refractivity contribution is 0.0928. The number of rotatable bonds is 6. The summed E-state index contributed by atoms with van der Waals surface area (Å²) >= 11 is 0. The number of nitrogens with two attached hydrogens (primary N) is 1. The summed E-state index contributed by atoms with van der Waals surface area (Å²) in [5, 5.41) is 0. The molecular formula is C18H38N2. The minimum atomic E-state index is 0.479. The summed E-state index contributed by atoms with van der Waals surface area (Å²) in [4.78, 5) is 2.53. The van der Waals surface area contributed by atoms with Crippen molar-refractivity contribution in [1.82, 2.24) is 4.90 Å². The molecule has 2 nitrogen and oxygen atoms in total. The highest BCUT2D eigenvalue weighted by molar-refractivity contribution is 4.86. The molecule has 2 N–H and O–H groups in total. The first-order valence-corrected chi connectivity index (χ1v) is 8.66. The molecule has 0 spiro atoms. The molecule has 1 aliphatic rings. The second-order valence-electron chi connectivity index (χ2n) is 8.44. The number of hydrogen-bond acceptors (Lipinski definition) is 2. The smallest absolute Gasteiger partial charge is 0.0243 e. The van der Waals surface area contributed by atoms with Crippen molar-refractivity contribution >= 4 is 0 Å². The molecule has 1 fully saturated rings. The summed E-state index contributed by atoms with van der Waals surface area (Å²) in [7, 11) is 2.27. The summed E-state index contributed by atoms with van der Waals surface area (Å²) in [6.07, 6.45) is 6.81. The molecule has 1 atom stereocenters. The zero-order valence-electron chi connectivity index (χ0n) is 14.8. The van der Waals surface area contributed by atoms with Crippen LogP contribution in [0.5, 0.6) is 0 Å². The monoisotopic (exact) mass is 282 g/mol. The van der Waals surface area contributed by atoms with E-state index in [1.807, 2.05) is 0 Å². The largest absolute Gasteiger partial charge is 0.329 e. The van der Waals surface area contributed by atoms with Gasteiger partial charge in [0.25, 0.3) is 0 Å². The van der Waals surface area contributed by atoms with Crippen molar-refractivity contribution in [2.24, 2.45) is 28.9 Å². The molecule has 1 saturated carbocycles. The van der Waals surface area contributed by atoms with E-state index in [0.717, 1.165) is 24.3 Å². The highest BCUT2D eigenvalue weighted by Crippen LogP contribution is 2.41. The van der Waals surface area contributed by atoms with Crippen LogP contribution in [0.4, 0.5) is 0 Å². The molecule has 0 aromatic carbocycles. The molecule has 1 unspecified atom stereocenters. The second-order valence-corrected chi connectivity index (χ2v) is 8.44. The van der Waals surface area contributed by atoms with E-state index < -0.39 is 0 Å². The van der Waals surface area contributed by atoms with E-state index in [9.17, 15) is 0 Å². The van der Waals surface area contributed by atoms with Gasteiger partial charge < -0.3 is 10.6 Å². The molecule has 0 aromatic heterocycles. The molecule has 1 aliphatic carbocycles. The van der Waals surface area contributed by atoms with Gasteiger partial charge in [-0.15, -0.1) is 0 Å². The average molecular weight is 283 g/mol. The number of likely N-dealkylation sites (N-methyl/N-ethyl adjacent to an activating group) is 1. The first-order chi connectivity index (χ1) is 9.25. The Kier molecular flexibility index (Phi) is 7.00. The van der Waals surface area contributed by atoms with E-state index in [1.165, 1.54) is 38.6 Å². The van der Waals surface area contributed by atoms with Crippen LogP contribution in [0.2, 0.25) is 0 Å². The predicted molar refractivity (Wildman–Crippen MR) is 89.8 cm³/mol. The van der Waals surface area contributed by atoms with E-state index in [2.05, 4.69) is 46.6 Å². The molecule has 0 saturated heterocycles. The number of hydrogen-bond donors (Lipinski definition) is 1. The van der Waals surface area contributed by atoms with Crippen LogP contribution in [-0.4, -0.2) is 31.1 Å². The molecule has 0 aliphatic heterocycles. The summed E-state index contributed by atoms with van der Waals surface area (Å²) in [5.41, 5.74) is 6.57. The Morgan fingerprint density at radius 1 is 1.10 bits per heavy atom. The van der Waals surface area contributed by atoms with E-state index >= 15 is 0 Å². The highest BCUT2D eigenvalue weighted by Gasteiger charge is 2.33. The summed E-state index contributed by atoms with van der Waals surface area (Å²) in [6.45, 7) is 13.8. The molecule has 20 heavy (non-hydrogen) atoms. The lowest BCUT2D eigenvalue weighted by Crippen LogP contribution is -2.45. The molecule has 0 bridgehead atoms. The van der Waals surface area contributed by atoms with E-state index in [1.54, 1.807) is 0 Å². The molecule has 120 valence electrons. The standard InChI is InChI=1S/C18H38N2/c1-14(2)11-12-20(6)17(13-19)15-7-9-16(10-8-15)18(3,4)5/h14-17H,7-13,19H2,1-6H3. The van der Waals surface area contributed by atoms with Gasteiger partial charge in [-0.25, -0.2) is 0 Å². The first kappa shape index (κ1) is 18.0. The Balaban J connectivity index is 2.48. The fourth-order valence-electron chi connectivity index (χ4n) is 3.73. The van der Waals surface area contributed by atoms with Gasteiger partial charge in [0.15, 0.2) is 0 Å². The summed E-state index contributed by atoms with van der Waals surface area (Å²) < 4.78 is 0. The van der Waals surface area contributed by atoms with Crippen molar-refractivity contribution < 1.29 is 0 Å². The van der Waals surface area contributed by atoms with Gasteiger partial charge in [-0.05, 0) is 68.9 Å².